The summed E-state index contributed by atoms with van der Waals surface area (Å²) in [5, 5.41) is 9.13. The minimum absolute atomic E-state index is 0.293. The van der Waals surface area contributed by atoms with Crippen LogP contribution in [-0.4, -0.2) is 16.6 Å². The Labute approximate surface area is 120 Å². The first-order chi connectivity index (χ1) is 9.03. The van der Waals surface area contributed by atoms with E-state index in [2.05, 4.69) is 19.2 Å². The summed E-state index contributed by atoms with van der Waals surface area (Å²) in [4.78, 5) is -0.970. The number of thiol groups is 1. The average molecular weight is 280 g/mol. The monoisotopic (exact) mass is 280 g/mol. The van der Waals surface area contributed by atoms with Gasteiger partial charge in [0.15, 0.2) is 10.7 Å². The molecule has 0 heterocycles. The van der Waals surface area contributed by atoms with Crippen molar-refractivity contribution < 1.29 is 14.6 Å². The van der Waals surface area contributed by atoms with Crippen molar-refractivity contribution in [1.29, 1.82) is 0 Å². The summed E-state index contributed by atoms with van der Waals surface area (Å²) in [5.74, 6) is 0.293. The molecular formula is C15H20O3S. The fraction of sp³-hybridized carbons (Fsp3) is 0.333. The molecule has 1 N–H and O–H groups in total. The van der Waals surface area contributed by atoms with Crippen LogP contribution in [0.5, 0.6) is 0 Å². The first kappa shape index (κ1) is 15.7. The molecule has 0 aliphatic heterocycles. The SMILES string of the molecule is C=Cc1ccc(COC(C)(S)/C(=C/O)OCC)cc1. The standard InChI is InChI=1S/C15H20O3S/c1-4-12-6-8-13(9-7-12)11-18-15(3,19)14(10-16)17-5-2/h4,6-10,16,19H,1,5,11H2,2-3H3/b14-10-. The Hall–Kier alpha value is -1.39. The highest BCUT2D eigenvalue weighted by atomic mass is 32.1. The number of aliphatic hydroxyl groups excluding tert-OH is 1. The summed E-state index contributed by atoms with van der Waals surface area (Å²) >= 11 is 4.37. The van der Waals surface area contributed by atoms with E-state index in [4.69, 9.17) is 14.6 Å². The Morgan fingerprint density at radius 2 is 2.05 bits per heavy atom. The van der Waals surface area contributed by atoms with Gasteiger partial charge in [-0.1, -0.05) is 36.9 Å². The normalized spacial score (nSPS) is 14.8. The zero-order valence-corrected chi connectivity index (χ0v) is 12.2. The summed E-state index contributed by atoms with van der Waals surface area (Å²) in [6, 6.07) is 7.85. The summed E-state index contributed by atoms with van der Waals surface area (Å²) in [7, 11) is 0. The molecule has 0 fully saturated rings. The van der Waals surface area contributed by atoms with Crippen LogP contribution in [0.4, 0.5) is 0 Å². The molecule has 1 rings (SSSR count). The lowest BCUT2D eigenvalue weighted by molar-refractivity contribution is 0.00653. The Balaban J connectivity index is 2.65. The van der Waals surface area contributed by atoms with Crippen molar-refractivity contribution in [3.05, 3.63) is 54.0 Å². The van der Waals surface area contributed by atoms with Crippen molar-refractivity contribution in [2.75, 3.05) is 6.61 Å². The zero-order valence-electron chi connectivity index (χ0n) is 11.3. The van der Waals surface area contributed by atoms with Gasteiger partial charge >= 0.3 is 0 Å². The molecule has 104 valence electrons. The second kappa shape index (κ2) is 7.26. The van der Waals surface area contributed by atoms with E-state index in [0.717, 1.165) is 17.4 Å². The van der Waals surface area contributed by atoms with Crippen LogP contribution in [0.2, 0.25) is 0 Å². The average Bonchev–Trinajstić information content (AvgIpc) is 2.43. The van der Waals surface area contributed by atoms with Crippen molar-refractivity contribution in [1.82, 2.24) is 0 Å². The van der Waals surface area contributed by atoms with Crippen molar-refractivity contribution in [2.45, 2.75) is 25.4 Å². The van der Waals surface area contributed by atoms with E-state index < -0.39 is 4.93 Å². The molecule has 0 aromatic heterocycles. The van der Waals surface area contributed by atoms with Crippen molar-refractivity contribution in [3.8, 4) is 0 Å². The molecule has 0 aliphatic carbocycles. The van der Waals surface area contributed by atoms with Gasteiger partial charge in [0.1, 0.15) is 6.26 Å². The third-order valence-electron chi connectivity index (χ3n) is 2.61. The highest BCUT2D eigenvalue weighted by molar-refractivity contribution is 7.81. The Morgan fingerprint density at radius 1 is 1.42 bits per heavy atom. The number of hydrogen-bond acceptors (Lipinski definition) is 4. The lowest BCUT2D eigenvalue weighted by Crippen LogP contribution is -2.26. The number of benzene rings is 1. The fourth-order valence-corrected chi connectivity index (χ4v) is 1.68. The minimum Gasteiger partial charge on any atom is -0.512 e. The molecule has 19 heavy (non-hydrogen) atoms. The Bertz CT molecular complexity index is 435. The van der Waals surface area contributed by atoms with Crippen LogP contribution in [0, 0.1) is 0 Å². The topological polar surface area (TPSA) is 38.7 Å². The maximum atomic E-state index is 9.13. The van der Waals surface area contributed by atoms with Gasteiger partial charge in [0.05, 0.1) is 13.2 Å². The summed E-state index contributed by atoms with van der Waals surface area (Å²) in [6.45, 7) is 8.09. The second-order valence-electron chi connectivity index (χ2n) is 4.14. The van der Waals surface area contributed by atoms with Crippen LogP contribution < -0.4 is 0 Å². The van der Waals surface area contributed by atoms with Crippen LogP contribution in [-0.2, 0) is 16.1 Å². The number of aliphatic hydroxyl groups is 1. The van der Waals surface area contributed by atoms with Gasteiger partial charge in [-0.05, 0) is 25.0 Å². The summed E-state index contributed by atoms with van der Waals surface area (Å²) in [6.07, 6.45) is 2.67. The number of rotatable bonds is 7. The fourth-order valence-electron chi connectivity index (χ4n) is 1.49. The minimum atomic E-state index is -0.970. The third kappa shape index (κ3) is 4.65. The Kier molecular flexibility index (Phi) is 5.99. The molecule has 0 saturated heterocycles. The highest BCUT2D eigenvalue weighted by Gasteiger charge is 2.27. The number of hydrogen-bond donors (Lipinski definition) is 2. The molecule has 0 radical (unpaired) electrons. The maximum Gasteiger partial charge on any atom is 0.172 e. The maximum absolute atomic E-state index is 9.13. The quantitative estimate of drug-likeness (QED) is 0.451. The van der Waals surface area contributed by atoms with Crippen molar-refractivity contribution >= 4 is 18.7 Å². The van der Waals surface area contributed by atoms with E-state index in [1.165, 1.54) is 0 Å². The van der Waals surface area contributed by atoms with E-state index in [1.54, 1.807) is 13.0 Å². The first-order valence-electron chi connectivity index (χ1n) is 6.09. The van der Waals surface area contributed by atoms with Gasteiger partial charge in [-0.3, -0.25) is 0 Å². The van der Waals surface area contributed by atoms with E-state index in [-0.39, 0.29) is 0 Å². The largest absolute Gasteiger partial charge is 0.512 e. The van der Waals surface area contributed by atoms with Crippen molar-refractivity contribution in [3.63, 3.8) is 0 Å². The van der Waals surface area contributed by atoms with Crippen LogP contribution in [0.1, 0.15) is 25.0 Å². The second-order valence-corrected chi connectivity index (χ2v) is 5.00. The molecule has 0 amide bonds. The van der Waals surface area contributed by atoms with Gasteiger partial charge in [-0.2, -0.15) is 0 Å². The van der Waals surface area contributed by atoms with Gasteiger partial charge in [-0.15, -0.1) is 12.6 Å². The third-order valence-corrected chi connectivity index (χ3v) is 2.96. The van der Waals surface area contributed by atoms with Gasteiger partial charge in [0.2, 0.25) is 0 Å². The predicted molar refractivity (Wildman–Crippen MR) is 81.1 cm³/mol. The van der Waals surface area contributed by atoms with E-state index in [0.29, 0.717) is 19.0 Å². The zero-order chi connectivity index (χ0) is 14.3. The molecule has 1 aromatic carbocycles. The van der Waals surface area contributed by atoms with E-state index >= 15 is 0 Å². The van der Waals surface area contributed by atoms with E-state index in [1.807, 2.05) is 31.2 Å². The molecule has 0 spiro atoms. The van der Waals surface area contributed by atoms with E-state index in [9.17, 15) is 0 Å². The first-order valence-corrected chi connectivity index (χ1v) is 6.53. The molecular weight excluding hydrogens is 260 g/mol. The van der Waals surface area contributed by atoms with Gasteiger partial charge in [0.25, 0.3) is 0 Å². The smallest absolute Gasteiger partial charge is 0.172 e. The van der Waals surface area contributed by atoms with Gasteiger partial charge in [0, 0.05) is 0 Å². The van der Waals surface area contributed by atoms with Gasteiger partial charge in [-0.25, -0.2) is 0 Å². The summed E-state index contributed by atoms with van der Waals surface area (Å²) < 4.78 is 11.0. The molecule has 1 atom stereocenters. The van der Waals surface area contributed by atoms with Crippen LogP contribution in [0.3, 0.4) is 0 Å². The molecule has 1 aromatic rings. The number of ether oxygens (including phenoxy) is 2. The Morgan fingerprint density at radius 3 is 2.53 bits per heavy atom. The molecule has 0 saturated carbocycles. The molecule has 4 heteroatoms. The molecule has 3 nitrogen and oxygen atoms in total. The lowest BCUT2D eigenvalue weighted by Gasteiger charge is -2.26. The van der Waals surface area contributed by atoms with Gasteiger partial charge < -0.3 is 14.6 Å². The molecule has 0 bridgehead atoms. The lowest BCUT2D eigenvalue weighted by atomic mass is 10.1. The van der Waals surface area contributed by atoms with Crippen LogP contribution in [0.15, 0.2) is 42.9 Å². The summed E-state index contributed by atoms with van der Waals surface area (Å²) in [5.41, 5.74) is 2.07. The predicted octanol–water partition coefficient (Wildman–Crippen LogP) is 3.93. The molecule has 0 aliphatic rings. The molecule has 1 unspecified atom stereocenters. The van der Waals surface area contributed by atoms with Crippen LogP contribution >= 0.6 is 12.6 Å². The van der Waals surface area contributed by atoms with Crippen molar-refractivity contribution in [2.24, 2.45) is 0 Å². The highest BCUT2D eigenvalue weighted by Crippen LogP contribution is 2.27. The van der Waals surface area contributed by atoms with Crippen LogP contribution in [0.25, 0.3) is 6.08 Å².